The van der Waals surface area contributed by atoms with E-state index in [0.29, 0.717) is 12.6 Å². The van der Waals surface area contributed by atoms with Gasteiger partial charge in [-0.3, -0.25) is 9.69 Å². The molecule has 3 rings (SSSR count). The number of piperazine rings is 1. The molecule has 1 aliphatic carbocycles. The van der Waals surface area contributed by atoms with E-state index in [1.54, 1.807) is 12.4 Å². The first-order valence-corrected chi connectivity index (χ1v) is 8.74. The summed E-state index contributed by atoms with van der Waals surface area (Å²) in [6.07, 6.45) is 9.73. The largest absolute Gasteiger partial charge is 0.342 e. The van der Waals surface area contributed by atoms with Crippen LogP contribution in [0.1, 0.15) is 32.1 Å². The van der Waals surface area contributed by atoms with Gasteiger partial charge in [-0.1, -0.05) is 19.3 Å². The smallest absolute Gasteiger partial charge is 0.236 e. The number of aromatic nitrogens is 2. The fourth-order valence-electron chi connectivity index (χ4n) is 3.54. The summed E-state index contributed by atoms with van der Waals surface area (Å²) < 4.78 is 0. The third-order valence-corrected chi connectivity index (χ3v) is 5.08. The summed E-state index contributed by atoms with van der Waals surface area (Å²) in [5.41, 5.74) is 0. The second-order valence-electron chi connectivity index (χ2n) is 6.61. The Kier molecular flexibility index (Phi) is 5.43. The fraction of sp³-hybridized carbons (Fsp3) is 0.706. The molecule has 1 saturated heterocycles. The molecule has 1 saturated carbocycles. The van der Waals surface area contributed by atoms with Crippen molar-refractivity contribution in [2.45, 2.75) is 38.1 Å². The Hall–Kier alpha value is -1.69. The first-order chi connectivity index (χ1) is 11.2. The number of anilines is 1. The summed E-state index contributed by atoms with van der Waals surface area (Å²) >= 11 is 0. The summed E-state index contributed by atoms with van der Waals surface area (Å²) in [4.78, 5) is 27.5. The van der Waals surface area contributed by atoms with Crippen molar-refractivity contribution in [3.63, 3.8) is 0 Å². The van der Waals surface area contributed by atoms with Crippen molar-refractivity contribution in [3.05, 3.63) is 18.5 Å². The number of carbonyl (C=O) groups excluding carboxylic acids is 1. The van der Waals surface area contributed by atoms with Crippen LogP contribution in [0.2, 0.25) is 0 Å². The minimum absolute atomic E-state index is 0.265. The Morgan fingerprint density at radius 2 is 1.78 bits per heavy atom. The zero-order chi connectivity index (χ0) is 16.1. The number of rotatable bonds is 4. The Balaban J connectivity index is 1.45. The summed E-state index contributed by atoms with van der Waals surface area (Å²) in [5, 5.41) is 0. The Bertz CT molecular complexity index is 495. The minimum atomic E-state index is 0.265. The van der Waals surface area contributed by atoms with Gasteiger partial charge in [-0.05, 0) is 18.9 Å². The lowest BCUT2D eigenvalue weighted by Gasteiger charge is -2.36. The molecule has 2 aliphatic rings. The van der Waals surface area contributed by atoms with E-state index in [9.17, 15) is 4.79 Å². The molecule has 1 aromatic rings. The number of hydrogen-bond acceptors (Lipinski definition) is 5. The van der Waals surface area contributed by atoms with Crippen molar-refractivity contribution < 1.29 is 4.79 Å². The van der Waals surface area contributed by atoms with Gasteiger partial charge in [-0.2, -0.15) is 0 Å². The summed E-state index contributed by atoms with van der Waals surface area (Å²) in [6, 6.07) is 2.29. The molecular weight excluding hydrogens is 290 g/mol. The van der Waals surface area contributed by atoms with Gasteiger partial charge in [0.15, 0.2) is 0 Å². The van der Waals surface area contributed by atoms with Crippen molar-refractivity contribution in [1.29, 1.82) is 0 Å². The SMILES string of the molecule is CN(C(=O)CN1CCN(c2ncccn2)CC1)C1CCCCC1. The summed E-state index contributed by atoms with van der Waals surface area (Å²) in [5.74, 6) is 1.05. The Labute approximate surface area is 138 Å². The zero-order valence-electron chi connectivity index (χ0n) is 14.0. The molecule has 23 heavy (non-hydrogen) atoms. The molecule has 1 aliphatic heterocycles. The molecule has 1 amide bonds. The van der Waals surface area contributed by atoms with E-state index < -0.39 is 0 Å². The van der Waals surface area contributed by atoms with Gasteiger partial charge >= 0.3 is 0 Å². The van der Waals surface area contributed by atoms with Crippen LogP contribution in [0.5, 0.6) is 0 Å². The van der Waals surface area contributed by atoms with E-state index in [0.717, 1.165) is 32.1 Å². The third-order valence-electron chi connectivity index (χ3n) is 5.08. The minimum Gasteiger partial charge on any atom is -0.342 e. The molecule has 1 aromatic heterocycles. The van der Waals surface area contributed by atoms with Crippen molar-refractivity contribution in [2.24, 2.45) is 0 Å². The van der Waals surface area contributed by atoms with Crippen LogP contribution in [-0.2, 0) is 4.79 Å². The lowest BCUT2D eigenvalue weighted by atomic mass is 9.94. The molecule has 126 valence electrons. The molecule has 0 atom stereocenters. The average Bonchev–Trinajstić information content (AvgIpc) is 2.63. The first kappa shape index (κ1) is 16.2. The van der Waals surface area contributed by atoms with Crippen LogP contribution in [0.4, 0.5) is 5.95 Å². The number of nitrogens with zero attached hydrogens (tertiary/aromatic N) is 5. The van der Waals surface area contributed by atoms with Crippen molar-refractivity contribution >= 4 is 11.9 Å². The molecule has 0 aromatic carbocycles. The molecule has 0 radical (unpaired) electrons. The maximum absolute atomic E-state index is 12.5. The van der Waals surface area contributed by atoms with Crippen LogP contribution in [0, 0.1) is 0 Å². The highest BCUT2D eigenvalue weighted by Crippen LogP contribution is 2.21. The highest BCUT2D eigenvalue weighted by atomic mass is 16.2. The molecule has 0 spiro atoms. The first-order valence-electron chi connectivity index (χ1n) is 8.74. The molecule has 6 nitrogen and oxygen atoms in total. The molecular formula is C17H27N5O. The van der Waals surface area contributed by atoms with E-state index in [-0.39, 0.29) is 5.91 Å². The van der Waals surface area contributed by atoms with Crippen molar-refractivity contribution in [1.82, 2.24) is 19.8 Å². The fourth-order valence-corrected chi connectivity index (χ4v) is 3.54. The summed E-state index contributed by atoms with van der Waals surface area (Å²) in [6.45, 7) is 4.08. The van der Waals surface area contributed by atoms with Gasteiger partial charge in [-0.15, -0.1) is 0 Å². The molecule has 2 fully saturated rings. The van der Waals surface area contributed by atoms with Crippen molar-refractivity contribution in [2.75, 3.05) is 44.7 Å². The van der Waals surface area contributed by atoms with Gasteiger partial charge in [0.1, 0.15) is 0 Å². The normalized spacial score (nSPS) is 20.5. The van der Waals surface area contributed by atoms with Gasteiger partial charge in [0.2, 0.25) is 11.9 Å². The van der Waals surface area contributed by atoms with Crippen LogP contribution < -0.4 is 4.90 Å². The van der Waals surface area contributed by atoms with Crippen LogP contribution in [0.15, 0.2) is 18.5 Å². The molecule has 2 heterocycles. The van der Waals surface area contributed by atoms with Crippen LogP contribution in [0.25, 0.3) is 0 Å². The van der Waals surface area contributed by atoms with Gasteiger partial charge in [0, 0.05) is 51.7 Å². The zero-order valence-corrected chi connectivity index (χ0v) is 14.0. The van der Waals surface area contributed by atoms with Crippen molar-refractivity contribution in [3.8, 4) is 0 Å². The van der Waals surface area contributed by atoms with E-state index in [1.807, 2.05) is 18.0 Å². The predicted molar refractivity (Wildman–Crippen MR) is 90.3 cm³/mol. The Morgan fingerprint density at radius 1 is 1.13 bits per heavy atom. The molecule has 0 unspecified atom stereocenters. The second-order valence-corrected chi connectivity index (χ2v) is 6.61. The summed E-state index contributed by atoms with van der Waals surface area (Å²) in [7, 11) is 1.98. The number of amides is 1. The van der Waals surface area contributed by atoms with Crippen LogP contribution in [0.3, 0.4) is 0 Å². The number of hydrogen-bond donors (Lipinski definition) is 0. The Morgan fingerprint density at radius 3 is 2.43 bits per heavy atom. The maximum atomic E-state index is 12.5. The van der Waals surface area contributed by atoms with Crippen LogP contribution >= 0.6 is 0 Å². The third kappa shape index (κ3) is 4.19. The number of carbonyl (C=O) groups is 1. The van der Waals surface area contributed by atoms with Gasteiger partial charge in [0.05, 0.1) is 6.54 Å². The van der Waals surface area contributed by atoms with E-state index in [2.05, 4.69) is 19.8 Å². The quantitative estimate of drug-likeness (QED) is 0.840. The van der Waals surface area contributed by atoms with E-state index in [4.69, 9.17) is 0 Å². The lowest BCUT2D eigenvalue weighted by Crippen LogP contribution is -2.51. The predicted octanol–water partition coefficient (Wildman–Crippen LogP) is 1.39. The maximum Gasteiger partial charge on any atom is 0.236 e. The van der Waals surface area contributed by atoms with E-state index in [1.165, 1.54) is 32.1 Å². The van der Waals surface area contributed by atoms with E-state index >= 15 is 0 Å². The topological polar surface area (TPSA) is 52.6 Å². The average molecular weight is 317 g/mol. The number of likely N-dealkylation sites (N-methyl/N-ethyl adjacent to an activating group) is 1. The highest BCUT2D eigenvalue weighted by molar-refractivity contribution is 5.78. The molecule has 6 heteroatoms. The van der Waals surface area contributed by atoms with Gasteiger partial charge in [-0.25, -0.2) is 9.97 Å². The van der Waals surface area contributed by atoms with Gasteiger partial charge in [0.25, 0.3) is 0 Å². The standard InChI is InChI=1S/C17H27N5O/c1-20(15-6-3-2-4-7-15)16(23)14-21-10-12-22(13-11-21)17-18-8-5-9-19-17/h5,8-9,15H,2-4,6-7,10-14H2,1H3. The molecule has 0 N–H and O–H groups in total. The van der Waals surface area contributed by atoms with Crippen LogP contribution in [-0.4, -0.2) is 71.5 Å². The monoisotopic (exact) mass is 317 g/mol. The lowest BCUT2D eigenvalue weighted by molar-refractivity contribution is -0.133. The van der Waals surface area contributed by atoms with Gasteiger partial charge < -0.3 is 9.80 Å². The highest BCUT2D eigenvalue weighted by Gasteiger charge is 2.25. The molecule has 0 bridgehead atoms. The second kappa shape index (κ2) is 7.73.